The van der Waals surface area contributed by atoms with Gasteiger partial charge in [-0.2, -0.15) is 13.2 Å². The van der Waals surface area contributed by atoms with Crippen LogP contribution in [-0.2, 0) is 30.5 Å². The number of rotatable bonds is 3. The molecule has 1 aromatic heterocycles. The Balaban J connectivity index is 1.41. The molecule has 0 radical (unpaired) electrons. The van der Waals surface area contributed by atoms with Gasteiger partial charge in [0.05, 0.1) is 25.5 Å². The number of ether oxygens (including phenoxy) is 1. The van der Waals surface area contributed by atoms with Crippen LogP contribution in [0.2, 0.25) is 0 Å². The number of hydrogen-bond acceptors (Lipinski definition) is 5. The van der Waals surface area contributed by atoms with Crippen LogP contribution in [0, 0.1) is 5.82 Å². The number of benzene rings is 1. The highest BCUT2D eigenvalue weighted by Gasteiger charge is 2.46. The van der Waals surface area contributed by atoms with Crippen molar-refractivity contribution in [2.45, 2.75) is 44.7 Å². The maximum Gasteiger partial charge on any atom is 0.433 e. The first-order chi connectivity index (χ1) is 17.8. The molecule has 0 spiro atoms. The Kier molecular flexibility index (Phi) is 5.42. The van der Waals surface area contributed by atoms with E-state index < -0.39 is 24.0 Å². The normalized spacial score (nSPS) is 23.1. The van der Waals surface area contributed by atoms with Gasteiger partial charge in [-0.25, -0.2) is 9.38 Å². The van der Waals surface area contributed by atoms with Crippen molar-refractivity contribution in [2.75, 3.05) is 13.2 Å². The van der Waals surface area contributed by atoms with Gasteiger partial charge in [0.2, 0.25) is 11.9 Å². The second kappa shape index (κ2) is 8.56. The zero-order valence-corrected chi connectivity index (χ0v) is 19.7. The third kappa shape index (κ3) is 3.82. The van der Waals surface area contributed by atoms with Gasteiger partial charge in [-0.05, 0) is 30.7 Å². The lowest BCUT2D eigenvalue weighted by atomic mass is 9.88. The number of nitrogens with one attached hydrogen (secondary N) is 1. The lowest BCUT2D eigenvalue weighted by Crippen LogP contribution is -2.54. The van der Waals surface area contributed by atoms with Crippen LogP contribution in [-0.4, -0.2) is 58.2 Å². The zero-order valence-electron chi connectivity index (χ0n) is 19.7. The molecule has 8 nitrogen and oxygen atoms in total. The van der Waals surface area contributed by atoms with Crippen LogP contribution in [0.1, 0.15) is 34.9 Å². The highest BCUT2D eigenvalue weighted by Crippen LogP contribution is 2.38. The second-order valence-electron chi connectivity index (χ2n) is 9.12. The summed E-state index contributed by atoms with van der Waals surface area (Å²) >= 11 is 0. The summed E-state index contributed by atoms with van der Waals surface area (Å²) in [6.45, 7) is 2.60. The highest BCUT2D eigenvalue weighted by molar-refractivity contribution is 6.03. The minimum absolute atomic E-state index is 0.00770. The number of carbonyl (C=O) groups excluding carboxylic acids is 1. The second-order valence-corrected chi connectivity index (χ2v) is 9.12. The summed E-state index contributed by atoms with van der Waals surface area (Å²) < 4.78 is 60.4. The lowest BCUT2D eigenvalue weighted by Gasteiger charge is -2.38. The molecule has 5 heterocycles. The Labute approximate surface area is 209 Å². The smallest absolute Gasteiger partial charge is 0.433 e. The summed E-state index contributed by atoms with van der Waals surface area (Å²) in [6, 6.07) is 2.52. The SMILES string of the molecule is CCN1Cc2cc(C(F)(F)F)ncc2C2=CNC(=NCc3c(F)ccc4c3CCO4)N3C=NC(C1=O)C23. The number of aliphatic imine (C=N–C) groups is 2. The first-order valence-corrected chi connectivity index (χ1v) is 11.9. The Bertz CT molecular complexity index is 1390. The molecule has 0 saturated heterocycles. The molecule has 2 atom stereocenters. The number of hydrogen-bond donors (Lipinski definition) is 1. The summed E-state index contributed by atoms with van der Waals surface area (Å²) in [5, 5.41) is 3.07. The molecule has 2 unspecified atom stereocenters. The third-order valence-electron chi connectivity index (χ3n) is 7.10. The Morgan fingerprint density at radius 1 is 1.30 bits per heavy atom. The van der Waals surface area contributed by atoms with E-state index in [1.54, 1.807) is 24.1 Å². The monoisotopic (exact) mass is 514 g/mol. The van der Waals surface area contributed by atoms with Crippen molar-refractivity contribution in [3.8, 4) is 5.75 Å². The van der Waals surface area contributed by atoms with Crippen molar-refractivity contribution < 1.29 is 27.1 Å². The van der Waals surface area contributed by atoms with Crippen LogP contribution in [0.4, 0.5) is 17.6 Å². The van der Waals surface area contributed by atoms with Gasteiger partial charge in [0.25, 0.3) is 0 Å². The summed E-state index contributed by atoms with van der Waals surface area (Å²) in [7, 11) is 0. The minimum Gasteiger partial charge on any atom is -0.493 e. The number of guanidine groups is 1. The Morgan fingerprint density at radius 3 is 2.92 bits per heavy atom. The van der Waals surface area contributed by atoms with Crippen molar-refractivity contribution in [3.63, 3.8) is 0 Å². The van der Waals surface area contributed by atoms with Gasteiger partial charge in [0.15, 0.2) is 6.04 Å². The summed E-state index contributed by atoms with van der Waals surface area (Å²) in [6.07, 6.45) is 0.302. The fourth-order valence-electron chi connectivity index (χ4n) is 5.24. The molecule has 1 N–H and O–H groups in total. The van der Waals surface area contributed by atoms with Crippen molar-refractivity contribution in [1.82, 2.24) is 20.1 Å². The van der Waals surface area contributed by atoms with Crippen LogP contribution in [0.5, 0.6) is 5.75 Å². The van der Waals surface area contributed by atoms with E-state index in [0.29, 0.717) is 53.5 Å². The number of fused-ring (bicyclic) bond motifs is 3. The average Bonchev–Trinajstić information content (AvgIpc) is 3.53. The molecule has 6 rings (SSSR count). The van der Waals surface area contributed by atoms with E-state index in [2.05, 4.69) is 20.3 Å². The van der Waals surface area contributed by atoms with Gasteiger partial charge >= 0.3 is 6.18 Å². The molecule has 4 aliphatic heterocycles. The van der Waals surface area contributed by atoms with E-state index in [1.165, 1.54) is 23.5 Å². The van der Waals surface area contributed by atoms with E-state index in [0.717, 1.165) is 11.6 Å². The van der Waals surface area contributed by atoms with E-state index in [-0.39, 0.29) is 24.8 Å². The number of halogens is 4. The molecule has 4 aliphatic rings. The molecule has 1 amide bonds. The number of nitrogens with zero attached hydrogens (tertiary/aromatic N) is 5. The van der Waals surface area contributed by atoms with Crippen molar-refractivity contribution >= 4 is 23.8 Å². The number of pyridine rings is 1. The van der Waals surface area contributed by atoms with E-state index in [1.807, 2.05) is 0 Å². The van der Waals surface area contributed by atoms with Gasteiger partial charge in [0, 0.05) is 54.2 Å². The van der Waals surface area contributed by atoms with Crippen molar-refractivity contribution in [3.05, 3.63) is 64.4 Å². The van der Waals surface area contributed by atoms with Gasteiger partial charge in [-0.15, -0.1) is 0 Å². The van der Waals surface area contributed by atoms with Crippen LogP contribution < -0.4 is 10.1 Å². The maximum atomic E-state index is 14.6. The van der Waals surface area contributed by atoms with Gasteiger partial charge in [-0.1, -0.05) is 0 Å². The average molecular weight is 514 g/mol. The number of likely N-dealkylation sites (N-methyl/N-ethyl adjacent to an activating group) is 1. The topological polar surface area (TPSA) is 82.4 Å². The molecule has 0 fully saturated rings. The van der Waals surface area contributed by atoms with Gasteiger partial charge in [-0.3, -0.25) is 19.7 Å². The standard InChI is InChI=1S/C25H22F4N6O2/c1-2-34-11-13-7-20(25(27,28)29)30-8-15(13)17-10-32-24(35-12-33-21(22(17)35)23(34)36)31-9-16-14-5-6-37-19(14)4-3-18(16)26/h3-4,7-8,10,12,21-22H,2,5-6,9,11H2,1H3,(H,31,32). The lowest BCUT2D eigenvalue weighted by molar-refractivity contribution is -0.141. The molecule has 2 aromatic rings. The molecule has 1 aromatic carbocycles. The van der Waals surface area contributed by atoms with Crippen molar-refractivity contribution in [2.24, 2.45) is 9.98 Å². The fraction of sp³-hybridized carbons (Fsp3) is 0.360. The third-order valence-corrected chi connectivity index (χ3v) is 7.10. The van der Waals surface area contributed by atoms with E-state index in [4.69, 9.17) is 4.74 Å². The maximum absolute atomic E-state index is 14.6. The predicted molar refractivity (Wildman–Crippen MR) is 126 cm³/mol. The number of aromatic nitrogens is 1. The Morgan fingerprint density at radius 2 is 2.14 bits per heavy atom. The molecular formula is C25H22F4N6O2. The van der Waals surface area contributed by atoms with Crippen LogP contribution in [0.25, 0.3) is 5.57 Å². The van der Waals surface area contributed by atoms with Gasteiger partial charge < -0.3 is 15.0 Å². The minimum atomic E-state index is -4.61. The summed E-state index contributed by atoms with van der Waals surface area (Å²) in [5.74, 6) is 0.326. The van der Waals surface area contributed by atoms with Gasteiger partial charge in [0.1, 0.15) is 17.3 Å². The zero-order chi connectivity index (χ0) is 25.9. The summed E-state index contributed by atoms with van der Waals surface area (Å²) in [5.41, 5.74) is 1.64. The quantitative estimate of drug-likeness (QED) is 0.637. The first kappa shape index (κ1) is 23.4. The van der Waals surface area contributed by atoms with Crippen LogP contribution in [0.15, 0.2) is 40.6 Å². The molecule has 0 saturated carbocycles. The summed E-state index contributed by atoms with van der Waals surface area (Å²) in [4.78, 5) is 29.3. The van der Waals surface area contributed by atoms with E-state index in [9.17, 15) is 22.4 Å². The molecule has 37 heavy (non-hydrogen) atoms. The fourth-order valence-corrected chi connectivity index (χ4v) is 5.24. The number of carbonyl (C=O) groups is 1. The molecule has 192 valence electrons. The molecular weight excluding hydrogens is 492 g/mol. The first-order valence-electron chi connectivity index (χ1n) is 11.9. The number of amides is 1. The predicted octanol–water partition coefficient (Wildman–Crippen LogP) is 3.12. The Hall–Kier alpha value is -3.96. The molecule has 0 bridgehead atoms. The largest absolute Gasteiger partial charge is 0.493 e. The van der Waals surface area contributed by atoms with Crippen LogP contribution >= 0.6 is 0 Å². The van der Waals surface area contributed by atoms with E-state index >= 15 is 0 Å². The highest BCUT2D eigenvalue weighted by atomic mass is 19.4. The van der Waals surface area contributed by atoms with Crippen molar-refractivity contribution in [1.29, 1.82) is 0 Å². The number of alkyl halides is 3. The molecule has 12 heteroatoms. The van der Waals surface area contributed by atoms with Crippen LogP contribution in [0.3, 0.4) is 0 Å². The molecule has 0 aliphatic carbocycles.